The van der Waals surface area contributed by atoms with E-state index in [1.807, 2.05) is 5.38 Å². The summed E-state index contributed by atoms with van der Waals surface area (Å²) in [6, 6.07) is 5.04. The Morgan fingerprint density at radius 1 is 1.07 bits per heavy atom. The van der Waals surface area contributed by atoms with E-state index in [1.165, 1.54) is 42.1 Å². The lowest BCUT2D eigenvalue weighted by atomic mass is 10.1. The lowest BCUT2D eigenvalue weighted by molar-refractivity contribution is -0.137. The number of aromatic nitrogens is 3. The second-order valence-electron chi connectivity index (χ2n) is 6.88. The summed E-state index contributed by atoms with van der Waals surface area (Å²) in [6.07, 6.45) is 0.150. The molecule has 1 aliphatic rings. The predicted molar refractivity (Wildman–Crippen MR) is 106 cm³/mol. The van der Waals surface area contributed by atoms with Crippen LogP contribution in [0.1, 0.15) is 21.7 Å². The molecule has 4 rings (SSSR count). The molecule has 0 N–H and O–H groups in total. The van der Waals surface area contributed by atoms with Crippen LogP contribution in [0.4, 0.5) is 13.2 Å². The SMILES string of the molecule is O=C(c1cnccn1)N1CCN(Cc2csc(-c3ccc(C(F)(F)F)cc3)n2)CC1. The van der Waals surface area contributed by atoms with Crippen molar-refractivity contribution in [2.75, 3.05) is 26.2 Å². The molecule has 1 amide bonds. The van der Waals surface area contributed by atoms with E-state index in [0.717, 1.165) is 17.8 Å². The number of amides is 1. The number of carbonyl (C=O) groups is 1. The third-order valence-corrected chi connectivity index (χ3v) is 5.78. The molecule has 1 aliphatic heterocycles. The zero-order chi connectivity index (χ0) is 21.1. The normalized spacial score (nSPS) is 15.4. The number of thiazole rings is 1. The van der Waals surface area contributed by atoms with Gasteiger partial charge >= 0.3 is 6.18 Å². The van der Waals surface area contributed by atoms with Crippen molar-refractivity contribution >= 4 is 17.2 Å². The number of rotatable bonds is 4. The molecule has 0 spiro atoms. The molecular formula is C20H18F3N5OS. The Labute approximate surface area is 175 Å². The van der Waals surface area contributed by atoms with E-state index >= 15 is 0 Å². The molecule has 3 heterocycles. The molecule has 0 bridgehead atoms. The van der Waals surface area contributed by atoms with Gasteiger partial charge in [-0.3, -0.25) is 14.7 Å². The van der Waals surface area contributed by atoms with Gasteiger partial charge in [0.05, 0.1) is 17.5 Å². The molecule has 10 heteroatoms. The van der Waals surface area contributed by atoms with Gasteiger partial charge in [-0.15, -0.1) is 11.3 Å². The zero-order valence-electron chi connectivity index (χ0n) is 15.8. The van der Waals surface area contributed by atoms with Crippen molar-refractivity contribution in [3.8, 4) is 10.6 Å². The molecule has 3 aromatic rings. The number of carbonyl (C=O) groups excluding carboxylic acids is 1. The van der Waals surface area contributed by atoms with Crippen molar-refractivity contribution in [1.29, 1.82) is 0 Å². The molecule has 0 aliphatic carbocycles. The minimum absolute atomic E-state index is 0.124. The van der Waals surface area contributed by atoms with Crippen LogP contribution in [0.3, 0.4) is 0 Å². The van der Waals surface area contributed by atoms with Gasteiger partial charge in [0.15, 0.2) is 0 Å². The number of halogens is 3. The Morgan fingerprint density at radius 3 is 2.43 bits per heavy atom. The maximum absolute atomic E-state index is 12.7. The van der Waals surface area contributed by atoms with Gasteiger partial charge in [-0.25, -0.2) is 9.97 Å². The molecule has 2 aromatic heterocycles. The summed E-state index contributed by atoms with van der Waals surface area (Å²) in [5, 5.41) is 2.61. The highest BCUT2D eigenvalue weighted by molar-refractivity contribution is 7.13. The fraction of sp³-hybridized carbons (Fsp3) is 0.300. The van der Waals surface area contributed by atoms with Crippen LogP contribution < -0.4 is 0 Å². The third kappa shape index (κ3) is 4.65. The van der Waals surface area contributed by atoms with Gasteiger partial charge in [-0.2, -0.15) is 13.2 Å². The largest absolute Gasteiger partial charge is 0.416 e. The molecule has 1 fully saturated rings. The summed E-state index contributed by atoms with van der Waals surface area (Å²) in [6.45, 7) is 3.22. The quantitative estimate of drug-likeness (QED) is 0.630. The first kappa shape index (κ1) is 20.4. The first-order chi connectivity index (χ1) is 14.4. The average Bonchev–Trinajstić information content (AvgIpc) is 3.22. The first-order valence-electron chi connectivity index (χ1n) is 9.30. The van der Waals surface area contributed by atoms with Gasteiger partial charge in [0.25, 0.3) is 5.91 Å². The van der Waals surface area contributed by atoms with Gasteiger partial charge in [0.2, 0.25) is 0 Å². The lowest BCUT2D eigenvalue weighted by Gasteiger charge is -2.34. The van der Waals surface area contributed by atoms with Crippen LogP contribution in [0.25, 0.3) is 10.6 Å². The van der Waals surface area contributed by atoms with Gasteiger partial charge < -0.3 is 4.90 Å². The summed E-state index contributed by atoms with van der Waals surface area (Å²) in [5.74, 6) is -0.124. The topological polar surface area (TPSA) is 62.2 Å². The molecule has 0 saturated carbocycles. The average molecular weight is 433 g/mol. The maximum Gasteiger partial charge on any atom is 0.416 e. The Balaban J connectivity index is 1.33. The van der Waals surface area contributed by atoms with Crippen LogP contribution in [0.5, 0.6) is 0 Å². The fourth-order valence-corrected chi connectivity index (χ4v) is 4.04. The van der Waals surface area contributed by atoms with Crippen LogP contribution >= 0.6 is 11.3 Å². The molecular weight excluding hydrogens is 415 g/mol. The minimum atomic E-state index is -4.34. The van der Waals surface area contributed by atoms with E-state index < -0.39 is 11.7 Å². The third-order valence-electron chi connectivity index (χ3n) is 4.84. The number of hydrogen-bond donors (Lipinski definition) is 0. The fourth-order valence-electron chi connectivity index (χ4n) is 3.22. The number of nitrogens with zero attached hydrogens (tertiary/aromatic N) is 5. The molecule has 0 radical (unpaired) electrons. The number of benzene rings is 1. The second kappa shape index (κ2) is 8.49. The van der Waals surface area contributed by atoms with Crippen molar-refractivity contribution < 1.29 is 18.0 Å². The van der Waals surface area contributed by atoms with E-state index in [1.54, 1.807) is 4.90 Å². The van der Waals surface area contributed by atoms with Crippen molar-refractivity contribution in [1.82, 2.24) is 24.8 Å². The van der Waals surface area contributed by atoms with Gasteiger partial charge in [-0.1, -0.05) is 12.1 Å². The maximum atomic E-state index is 12.7. The van der Waals surface area contributed by atoms with E-state index in [-0.39, 0.29) is 5.91 Å². The summed E-state index contributed by atoms with van der Waals surface area (Å²) >= 11 is 1.41. The van der Waals surface area contributed by atoms with Gasteiger partial charge in [0, 0.05) is 56.1 Å². The summed E-state index contributed by atoms with van der Waals surface area (Å²) < 4.78 is 38.1. The van der Waals surface area contributed by atoms with Crippen LogP contribution in [0.2, 0.25) is 0 Å². The van der Waals surface area contributed by atoms with Crippen molar-refractivity contribution in [3.63, 3.8) is 0 Å². The van der Waals surface area contributed by atoms with Crippen LogP contribution in [-0.4, -0.2) is 56.8 Å². The Hall–Kier alpha value is -2.85. The number of piperazine rings is 1. The molecule has 6 nitrogen and oxygen atoms in total. The molecule has 0 unspecified atom stereocenters. The first-order valence-corrected chi connectivity index (χ1v) is 10.2. The number of hydrogen-bond acceptors (Lipinski definition) is 6. The molecule has 1 saturated heterocycles. The van der Waals surface area contributed by atoms with Gasteiger partial charge in [0.1, 0.15) is 10.7 Å². The minimum Gasteiger partial charge on any atom is -0.335 e. The number of alkyl halides is 3. The van der Waals surface area contributed by atoms with Crippen LogP contribution in [0.15, 0.2) is 48.2 Å². The molecule has 1 aromatic carbocycles. The highest BCUT2D eigenvalue weighted by atomic mass is 32.1. The molecule has 30 heavy (non-hydrogen) atoms. The molecule has 0 atom stereocenters. The van der Waals surface area contributed by atoms with E-state index in [4.69, 9.17) is 0 Å². The summed E-state index contributed by atoms with van der Waals surface area (Å²) in [7, 11) is 0. The van der Waals surface area contributed by atoms with Crippen molar-refractivity contribution in [3.05, 3.63) is 65.2 Å². The Kier molecular flexibility index (Phi) is 5.78. The predicted octanol–water partition coefficient (Wildman–Crippen LogP) is 3.58. The smallest absolute Gasteiger partial charge is 0.335 e. The van der Waals surface area contributed by atoms with Crippen molar-refractivity contribution in [2.24, 2.45) is 0 Å². The highest BCUT2D eigenvalue weighted by Gasteiger charge is 2.30. The van der Waals surface area contributed by atoms with Crippen LogP contribution in [0, 0.1) is 0 Å². The monoisotopic (exact) mass is 433 g/mol. The van der Waals surface area contributed by atoms with Gasteiger partial charge in [-0.05, 0) is 12.1 Å². The molecule has 156 valence electrons. The Bertz CT molecular complexity index is 999. The summed E-state index contributed by atoms with van der Waals surface area (Å²) in [4.78, 5) is 28.9. The Morgan fingerprint density at radius 2 is 1.80 bits per heavy atom. The summed E-state index contributed by atoms with van der Waals surface area (Å²) in [5.41, 5.74) is 1.20. The second-order valence-corrected chi connectivity index (χ2v) is 7.74. The van der Waals surface area contributed by atoms with E-state index in [2.05, 4.69) is 19.9 Å². The zero-order valence-corrected chi connectivity index (χ0v) is 16.7. The standard InChI is InChI=1S/C20H18F3N5OS/c21-20(22,23)15-3-1-14(2-4-15)18-26-16(13-30-18)12-27-7-9-28(10-8-27)19(29)17-11-24-5-6-25-17/h1-6,11,13H,7-10,12H2. The highest BCUT2D eigenvalue weighted by Crippen LogP contribution is 2.32. The van der Waals surface area contributed by atoms with E-state index in [0.29, 0.717) is 49.0 Å². The van der Waals surface area contributed by atoms with Crippen LogP contribution in [-0.2, 0) is 12.7 Å². The van der Waals surface area contributed by atoms with E-state index in [9.17, 15) is 18.0 Å². The lowest BCUT2D eigenvalue weighted by Crippen LogP contribution is -2.48. The van der Waals surface area contributed by atoms with Crippen molar-refractivity contribution in [2.45, 2.75) is 12.7 Å².